The zero-order chi connectivity index (χ0) is 14.3. The summed E-state index contributed by atoms with van der Waals surface area (Å²) in [5, 5.41) is 4.61. The highest BCUT2D eigenvalue weighted by atomic mass is 35.5. The molecule has 1 atom stereocenters. The third-order valence-corrected chi connectivity index (χ3v) is 4.14. The summed E-state index contributed by atoms with van der Waals surface area (Å²) < 4.78 is 0. The number of nitrogens with zero attached hydrogens (tertiary/aromatic N) is 1. The summed E-state index contributed by atoms with van der Waals surface area (Å²) in [6, 6.07) is 5.70. The molecule has 0 saturated carbocycles. The molecule has 0 aromatic heterocycles. The maximum absolute atomic E-state index is 6.22. The summed E-state index contributed by atoms with van der Waals surface area (Å²) in [5.74, 6) is 0. The predicted molar refractivity (Wildman–Crippen MR) is 84.0 cm³/mol. The van der Waals surface area contributed by atoms with Crippen molar-refractivity contribution < 1.29 is 0 Å². The van der Waals surface area contributed by atoms with Crippen LogP contribution in [0.3, 0.4) is 0 Å². The van der Waals surface area contributed by atoms with Gasteiger partial charge < -0.3 is 16.0 Å². The Kier molecular flexibility index (Phi) is 7.73. The van der Waals surface area contributed by atoms with Crippen LogP contribution in [0.1, 0.15) is 25.5 Å². The van der Waals surface area contributed by atoms with E-state index in [0.29, 0.717) is 16.6 Å². The second kappa shape index (κ2) is 8.77. The van der Waals surface area contributed by atoms with Crippen molar-refractivity contribution in [3.05, 3.63) is 33.8 Å². The summed E-state index contributed by atoms with van der Waals surface area (Å²) in [6.07, 6.45) is 0. The number of nitrogens with one attached hydrogen (secondary N) is 1. The van der Waals surface area contributed by atoms with Gasteiger partial charge in [-0.2, -0.15) is 0 Å². The maximum atomic E-state index is 6.22. The van der Waals surface area contributed by atoms with Crippen molar-refractivity contribution in [3.8, 4) is 0 Å². The highest BCUT2D eigenvalue weighted by Gasteiger charge is 2.14. The first-order valence-corrected chi connectivity index (χ1v) is 7.49. The van der Waals surface area contributed by atoms with E-state index < -0.39 is 0 Å². The molecule has 0 saturated heterocycles. The van der Waals surface area contributed by atoms with E-state index in [4.69, 9.17) is 28.9 Å². The summed E-state index contributed by atoms with van der Waals surface area (Å²) >= 11 is 12.3. The van der Waals surface area contributed by atoms with Crippen molar-refractivity contribution in [3.63, 3.8) is 0 Å². The van der Waals surface area contributed by atoms with Gasteiger partial charge in [0.05, 0.1) is 10.0 Å². The van der Waals surface area contributed by atoms with Crippen LogP contribution in [-0.4, -0.2) is 37.6 Å². The van der Waals surface area contributed by atoms with Crippen LogP contribution in [0.5, 0.6) is 0 Å². The first-order chi connectivity index (χ1) is 9.13. The molecule has 5 heteroatoms. The number of hydrogen-bond acceptors (Lipinski definition) is 3. The van der Waals surface area contributed by atoms with Gasteiger partial charge in [0.15, 0.2) is 0 Å². The van der Waals surface area contributed by atoms with Gasteiger partial charge in [0.1, 0.15) is 0 Å². The van der Waals surface area contributed by atoms with Gasteiger partial charge >= 0.3 is 0 Å². The molecule has 0 aliphatic rings. The Morgan fingerprint density at radius 3 is 2.53 bits per heavy atom. The fourth-order valence-electron chi connectivity index (χ4n) is 2.05. The lowest BCUT2D eigenvalue weighted by molar-refractivity contribution is 0.297. The fourth-order valence-corrected chi connectivity index (χ4v) is 2.49. The van der Waals surface area contributed by atoms with E-state index in [2.05, 4.69) is 24.1 Å². The van der Waals surface area contributed by atoms with Crippen LogP contribution in [0.25, 0.3) is 0 Å². The second-order valence-electron chi connectivity index (χ2n) is 4.41. The Morgan fingerprint density at radius 1 is 1.26 bits per heavy atom. The van der Waals surface area contributed by atoms with E-state index in [1.807, 2.05) is 12.1 Å². The number of halogens is 2. The maximum Gasteiger partial charge on any atom is 0.0640 e. The van der Waals surface area contributed by atoms with E-state index in [0.717, 1.165) is 31.7 Å². The number of likely N-dealkylation sites (N-methyl/N-ethyl adjacent to an activating group) is 1. The Hall–Kier alpha value is -0.320. The molecule has 0 fully saturated rings. The van der Waals surface area contributed by atoms with Crippen molar-refractivity contribution in [1.82, 2.24) is 10.2 Å². The van der Waals surface area contributed by atoms with Gasteiger partial charge in [-0.3, -0.25) is 0 Å². The highest BCUT2D eigenvalue weighted by Crippen LogP contribution is 2.29. The molecular weight excluding hydrogens is 281 g/mol. The molecule has 0 aliphatic carbocycles. The molecule has 1 unspecified atom stereocenters. The summed E-state index contributed by atoms with van der Waals surface area (Å²) in [7, 11) is 0. The molecule has 0 radical (unpaired) electrons. The van der Waals surface area contributed by atoms with Crippen LogP contribution in [0.2, 0.25) is 10.0 Å². The largest absolute Gasteiger partial charge is 0.329 e. The van der Waals surface area contributed by atoms with Crippen LogP contribution >= 0.6 is 23.2 Å². The van der Waals surface area contributed by atoms with Crippen LogP contribution in [-0.2, 0) is 0 Å². The molecule has 1 aromatic rings. The van der Waals surface area contributed by atoms with Crippen molar-refractivity contribution >= 4 is 23.2 Å². The second-order valence-corrected chi connectivity index (χ2v) is 5.20. The normalized spacial score (nSPS) is 12.9. The average Bonchev–Trinajstić information content (AvgIpc) is 2.43. The SMILES string of the molecule is CCN(CC)CCNC(CN)c1cccc(Cl)c1Cl. The highest BCUT2D eigenvalue weighted by molar-refractivity contribution is 6.42. The molecule has 0 bridgehead atoms. The smallest absolute Gasteiger partial charge is 0.0640 e. The van der Waals surface area contributed by atoms with Crippen molar-refractivity contribution in [1.29, 1.82) is 0 Å². The third-order valence-electron chi connectivity index (χ3n) is 3.31. The minimum absolute atomic E-state index is 0.0433. The predicted octanol–water partition coefficient (Wildman–Crippen LogP) is 2.92. The van der Waals surface area contributed by atoms with E-state index in [9.17, 15) is 0 Å². The summed E-state index contributed by atoms with van der Waals surface area (Å²) in [4.78, 5) is 2.36. The molecule has 1 aromatic carbocycles. The minimum Gasteiger partial charge on any atom is -0.329 e. The lowest BCUT2D eigenvalue weighted by Crippen LogP contribution is -2.36. The zero-order valence-corrected chi connectivity index (χ0v) is 13.1. The standard InChI is InChI=1S/C14H23Cl2N3/c1-3-19(4-2)9-8-18-13(10-17)11-6-5-7-12(15)14(11)16/h5-7,13,18H,3-4,8-10,17H2,1-2H3. The molecule has 108 valence electrons. The van der Waals surface area contributed by atoms with Crippen molar-refractivity contribution in [2.75, 3.05) is 32.7 Å². The van der Waals surface area contributed by atoms with Crippen LogP contribution < -0.4 is 11.1 Å². The molecule has 0 spiro atoms. The minimum atomic E-state index is 0.0433. The zero-order valence-electron chi connectivity index (χ0n) is 11.6. The molecule has 3 N–H and O–H groups in total. The summed E-state index contributed by atoms with van der Waals surface area (Å²) in [6.45, 7) is 8.83. The monoisotopic (exact) mass is 303 g/mol. The van der Waals surface area contributed by atoms with Gasteiger partial charge in [0, 0.05) is 25.7 Å². The van der Waals surface area contributed by atoms with E-state index in [1.54, 1.807) is 6.07 Å². The van der Waals surface area contributed by atoms with Crippen molar-refractivity contribution in [2.24, 2.45) is 5.73 Å². The van der Waals surface area contributed by atoms with E-state index in [1.165, 1.54) is 0 Å². The Bertz CT molecular complexity index is 381. The molecule has 0 heterocycles. The van der Waals surface area contributed by atoms with Crippen LogP contribution in [0.15, 0.2) is 18.2 Å². The van der Waals surface area contributed by atoms with Gasteiger partial charge in [0.25, 0.3) is 0 Å². The number of rotatable bonds is 8. The van der Waals surface area contributed by atoms with Crippen LogP contribution in [0.4, 0.5) is 0 Å². The lowest BCUT2D eigenvalue weighted by Gasteiger charge is -2.22. The first-order valence-electron chi connectivity index (χ1n) is 6.73. The van der Waals surface area contributed by atoms with Crippen molar-refractivity contribution in [2.45, 2.75) is 19.9 Å². The fraction of sp³-hybridized carbons (Fsp3) is 0.571. The quantitative estimate of drug-likeness (QED) is 0.776. The third kappa shape index (κ3) is 4.93. The molecule has 0 amide bonds. The summed E-state index contributed by atoms with van der Waals surface area (Å²) in [5.41, 5.74) is 6.80. The lowest BCUT2D eigenvalue weighted by atomic mass is 10.1. The van der Waals surface area contributed by atoms with E-state index >= 15 is 0 Å². The number of hydrogen-bond donors (Lipinski definition) is 2. The Balaban J connectivity index is 2.61. The Labute approximate surface area is 126 Å². The first kappa shape index (κ1) is 16.7. The van der Waals surface area contributed by atoms with Gasteiger partial charge in [-0.1, -0.05) is 49.2 Å². The molecule has 19 heavy (non-hydrogen) atoms. The van der Waals surface area contributed by atoms with Gasteiger partial charge in [-0.15, -0.1) is 0 Å². The molecule has 0 aliphatic heterocycles. The van der Waals surface area contributed by atoms with Gasteiger partial charge in [-0.25, -0.2) is 0 Å². The topological polar surface area (TPSA) is 41.3 Å². The number of nitrogens with two attached hydrogens (primary N) is 1. The molecule has 3 nitrogen and oxygen atoms in total. The van der Waals surface area contributed by atoms with Gasteiger partial charge in [0.2, 0.25) is 0 Å². The molecule has 1 rings (SSSR count). The van der Waals surface area contributed by atoms with Crippen LogP contribution in [0, 0.1) is 0 Å². The molecular formula is C14H23Cl2N3. The average molecular weight is 304 g/mol. The van der Waals surface area contributed by atoms with Gasteiger partial charge in [-0.05, 0) is 24.7 Å². The van der Waals surface area contributed by atoms with E-state index in [-0.39, 0.29) is 6.04 Å². The number of benzene rings is 1. The Morgan fingerprint density at radius 2 is 1.95 bits per heavy atom.